The topological polar surface area (TPSA) is 55.8 Å². The second-order valence-electron chi connectivity index (χ2n) is 14.8. The van der Waals surface area contributed by atoms with Gasteiger partial charge in [0.15, 0.2) is 0 Å². The van der Waals surface area contributed by atoms with E-state index in [1.54, 1.807) is 0 Å². The molecule has 0 rings (SSSR count). The van der Waals surface area contributed by atoms with Gasteiger partial charge in [-0.15, -0.1) is 0 Å². The Morgan fingerprint density at radius 3 is 1.00 bits per heavy atom. The molecule has 0 aliphatic carbocycles. The summed E-state index contributed by atoms with van der Waals surface area (Å²) < 4.78 is 11.2. The van der Waals surface area contributed by atoms with Crippen molar-refractivity contribution in [3.8, 4) is 0 Å². The molecule has 0 aliphatic rings. The Bertz CT molecular complexity index is 580. The van der Waals surface area contributed by atoms with Gasteiger partial charge in [0.1, 0.15) is 6.10 Å². The average molecular weight is 667 g/mol. The van der Waals surface area contributed by atoms with Crippen molar-refractivity contribution in [2.75, 3.05) is 19.8 Å². The summed E-state index contributed by atoms with van der Waals surface area (Å²) in [6.45, 7) is 5.40. The summed E-state index contributed by atoms with van der Waals surface area (Å²) >= 11 is 0. The van der Waals surface area contributed by atoms with Crippen molar-refractivity contribution >= 4 is 5.97 Å². The van der Waals surface area contributed by atoms with Gasteiger partial charge in [-0.1, -0.05) is 226 Å². The van der Waals surface area contributed by atoms with Crippen LogP contribution in [0.2, 0.25) is 0 Å². The zero-order chi connectivity index (χ0) is 34.1. The number of hydrogen-bond donors (Lipinski definition) is 1. The minimum Gasteiger partial charge on any atom is -0.457 e. The predicted molar refractivity (Wildman–Crippen MR) is 205 cm³/mol. The fourth-order valence-corrected chi connectivity index (χ4v) is 6.68. The lowest BCUT2D eigenvalue weighted by atomic mass is 10.0. The first-order valence-electron chi connectivity index (χ1n) is 21.6. The van der Waals surface area contributed by atoms with Gasteiger partial charge in [0.2, 0.25) is 0 Å². The van der Waals surface area contributed by atoms with Crippen molar-refractivity contribution in [2.24, 2.45) is 0 Å². The summed E-state index contributed by atoms with van der Waals surface area (Å²) in [5.74, 6) is -0.193. The Morgan fingerprint density at radius 2 is 0.702 bits per heavy atom. The van der Waals surface area contributed by atoms with Gasteiger partial charge < -0.3 is 14.6 Å². The Kier molecular flexibility index (Phi) is 41.0. The molecule has 0 aromatic heterocycles. The Hall–Kier alpha value is -0.610. The molecule has 0 bridgehead atoms. The van der Waals surface area contributed by atoms with Crippen molar-refractivity contribution in [3.63, 3.8) is 0 Å². The third kappa shape index (κ3) is 39.7. The fraction of sp³-hybridized carbons (Fsp3) is 0.977. The van der Waals surface area contributed by atoms with Crippen molar-refractivity contribution < 1.29 is 19.4 Å². The number of aliphatic hydroxyl groups excluding tert-OH is 1. The lowest BCUT2D eigenvalue weighted by molar-refractivity contribution is -0.154. The van der Waals surface area contributed by atoms with Gasteiger partial charge in [0, 0.05) is 13.0 Å². The van der Waals surface area contributed by atoms with Gasteiger partial charge in [-0.2, -0.15) is 0 Å². The van der Waals surface area contributed by atoms with Crippen molar-refractivity contribution in [1.82, 2.24) is 0 Å². The van der Waals surface area contributed by atoms with Crippen LogP contribution in [0.3, 0.4) is 0 Å². The molecule has 47 heavy (non-hydrogen) atoms. The normalized spacial score (nSPS) is 12.1. The Morgan fingerprint density at radius 1 is 0.426 bits per heavy atom. The maximum atomic E-state index is 12.2. The summed E-state index contributed by atoms with van der Waals surface area (Å²) in [5.41, 5.74) is 0. The molecule has 0 aliphatic heterocycles. The lowest BCUT2D eigenvalue weighted by Crippen LogP contribution is -2.27. The lowest BCUT2D eigenvalue weighted by Gasteiger charge is -2.16. The molecule has 282 valence electrons. The smallest absolute Gasteiger partial charge is 0.306 e. The fourth-order valence-electron chi connectivity index (χ4n) is 6.68. The van der Waals surface area contributed by atoms with E-state index in [-0.39, 0.29) is 12.6 Å². The number of rotatable bonds is 41. The third-order valence-corrected chi connectivity index (χ3v) is 9.93. The van der Waals surface area contributed by atoms with Gasteiger partial charge >= 0.3 is 5.97 Å². The number of carbonyl (C=O) groups excluding carboxylic acids is 1. The molecule has 0 saturated carbocycles. The summed E-state index contributed by atoms with van der Waals surface area (Å²) in [4.78, 5) is 12.2. The highest BCUT2D eigenvalue weighted by atomic mass is 16.6. The molecule has 1 atom stereocenters. The van der Waals surface area contributed by atoms with Crippen molar-refractivity contribution in [1.29, 1.82) is 0 Å². The average Bonchev–Trinajstić information content (AvgIpc) is 3.08. The number of unbranched alkanes of at least 4 members (excludes halogenated alkanes) is 33. The van der Waals surface area contributed by atoms with Gasteiger partial charge in [-0.25, -0.2) is 0 Å². The van der Waals surface area contributed by atoms with Gasteiger partial charge in [-0.05, 0) is 12.8 Å². The summed E-state index contributed by atoms with van der Waals surface area (Å²) in [6.07, 6.45) is 47.3. The quantitative estimate of drug-likeness (QED) is 0.0521. The van der Waals surface area contributed by atoms with Crippen LogP contribution < -0.4 is 0 Å². The van der Waals surface area contributed by atoms with Crippen LogP contribution in [0.4, 0.5) is 0 Å². The van der Waals surface area contributed by atoms with E-state index < -0.39 is 6.10 Å². The molecular weight excluding hydrogens is 580 g/mol. The zero-order valence-corrected chi connectivity index (χ0v) is 32.3. The minimum atomic E-state index is -0.524. The Balaban J connectivity index is 3.34. The Labute approximate surface area is 295 Å². The largest absolute Gasteiger partial charge is 0.457 e. The molecule has 0 heterocycles. The molecule has 1 N–H and O–H groups in total. The van der Waals surface area contributed by atoms with E-state index in [0.717, 1.165) is 19.3 Å². The van der Waals surface area contributed by atoms with Crippen LogP contribution >= 0.6 is 0 Å². The molecule has 0 fully saturated rings. The number of esters is 1. The molecule has 0 saturated heterocycles. The molecule has 4 nitrogen and oxygen atoms in total. The van der Waals surface area contributed by atoms with E-state index in [1.165, 1.54) is 205 Å². The SMILES string of the molecule is CCCCCCCCCCCCCCCCCCCCCCOCC(CO)OC(=O)CCCCCCCCCCCCCCCCC. The molecule has 0 spiro atoms. The van der Waals surface area contributed by atoms with Crippen LogP contribution in [-0.2, 0) is 14.3 Å². The highest BCUT2D eigenvalue weighted by Crippen LogP contribution is 2.16. The van der Waals surface area contributed by atoms with Crippen LogP contribution in [0, 0.1) is 0 Å². The molecule has 0 radical (unpaired) electrons. The summed E-state index contributed by atoms with van der Waals surface area (Å²) in [6, 6.07) is 0. The molecule has 0 amide bonds. The summed E-state index contributed by atoms with van der Waals surface area (Å²) in [5, 5.41) is 9.59. The number of aliphatic hydroxyl groups is 1. The molecule has 1 unspecified atom stereocenters. The molecule has 0 aromatic carbocycles. The predicted octanol–water partition coefficient (Wildman–Crippen LogP) is 14.0. The van der Waals surface area contributed by atoms with E-state index in [9.17, 15) is 9.90 Å². The first-order chi connectivity index (χ1) is 23.2. The van der Waals surface area contributed by atoms with Gasteiger partial charge in [0.05, 0.1) is 13.2 Å². The number of carbonyl (C=O) groups is 1. The minimum absolute atomic E-state index is 0.163. The van der Waals surface area contributed by atoms with Crippen LogP contribution in [0.25, 0.3) is 0 Å². The van der Waals surface area contributed by atoms with Gasteiger partial charge in [-0.3, -0.25) is 4.79 Å². The first kappa shape index (κ1) is 46.4. The zero-order valence-electron chi connectivity index (χ0n) is 32.3. The van der Waals surface area contributed by atoms with E-state index in [1.807, 2.05) is 0 Å². The standard InChI is InChI=1S/C43H86O4/c1-3-5-7-9-11-13-15-17-19-20-21-22-23-25-27-29-31-33-35-37-39-46-41-42(40-44)47-43(45)38-36-34-32-30-28-26-24-18-16-14-12-10-8-6-4-2/h42,44H,3-41H2,1-2H3. The second kappa shape index (κ2) is 41.6. The van der Waals surface area contributed by atoms with Crippen LogP contribution in [0.1, 0.15) is 245 Å². The molecule has 4 heteroatoms. The second-order valence-corrected chi connectivity index (χ2v) is 14.8. The maximum Gasteiger partial charge on any atom is 0.306 e. The first-order valence-corrected chi connectivity index (χ1v) is 21.6. The van der Waals surface area contributed by atoms with Crippen LogP contribution in [0.15, 0.2) is 0 Å². The van der Waals surface area contributed by atoms with E-state index >= 15 is 0 Å². The maximum absolute atomic E-state index is 12.2. The van der Waals surface area contributed by atoms with E-state index in [0.29, 0.717) is 19.6 Å². The van der Waals surface area contributed by atoms with Crippen molar-refractivity contribution in [2.45, 2.75) is 251 Å². The van der Waals surface area contributed by atoms with E-state index in [2.05, 4.69) is 13.8 Å². The van der Waals surface area contributed by atoms with Crippen LogP contribution in [0.5, 0.6) is 0 Å². The van der Waals surface area contributed by atoms with Crippen molar-refractivity contribution in [3.05, 3.63) is 0 Å². The molecular formula is C43H86O4. The highest BCUT2D eigenvalue weighted by Gasteiger charge is 2.13. The highest BCUT2D eigenvalue weighted by molar-refractivity contribution is 5.69. The number of ether oxygens (including phenoxy) is 2. The molecule has 0 aromatic rings. The third-order valence-electron chi connectivity index (χ3n) is 9.93. The van der Waals surface area contributed by atoms with E-state index in [4.69, 9.17) is 9.47 Å². The monoisotopic (exact) mass is 667 g/mol. The van der Waals surface area contributed by atoms with Crippen LogP contribution in [-0.4, -0.2) is 37.0 Å². The summed E-state index contributed by atoms with van der Waals surface area (Å²) in [7, 11) is 0. The number of hydrogen-bond acceptors (Lipinski definition) is 4. The van der Waals surface area contributed by atoms with Gasteiger partial charge in [0.25, 0.3) is 0 Å².